The van der Waals surface area contributed by atoms with Crippen molar-refractivity contribution < 1.29 is 5.11 Å². The summed E-state index contributed by atoms with van der Waals surface area (Å²) in [7, 11) is 24.9. The maximum absolute atomic E-state index is 12.4. The lowest BCUT2D eigenvalue weighted by molar-refractivity contribution is 0.0683. The lowest BCUT2D eigenvalue weighted by Crippen LogP contribution is -2.52. The highest BCUT2D eigenvalue weighted by Gasteiger charge is 2.40. The first-order chi connectivity index (χ1) is 16.8. The van der Waals surface area contributed by atoms with Gasteiger partial charge in [0.15, 0.2) is 0 Å². The summed E-state index contributed by atoms with van der Waals surface area (Å²) in [6.07, 6.45) is 2.90. The third-order valence-electron chi connectivity index (χ3n) is 7.75. The second-order valence-corrected chi connectivity index (χ2v) is 11.8. The van der Waals surface area contributed by atoms with Gasteiger partial charge in [-0.05, 0) is 103 Å². The molecule has 8 radical (unpaired) electrons. The quantitative estimate of drug-likeness (QED) is 0.441. The van der Waals surface area contributed by atoms with Crippen molar-refractivity contribution >= 4 is 102 Å². The van der Waals surface area contributed by atoms with Crippen molar-refractivity contribution in [1.82, 2.24) is 0 Å². The standard InChI is InChI=1S/C28H23B4Br2ClO/c1-12-13(2)15(4)26(34)20(14(12)3)17-9-16(18-7-5-6-8-19(18)33)10-28(36,11-17)21-22(29)23(30)24(31)25(32)27(21)35/h5-8,10,17,36H,9,11H2,1-4H3. The number of aliphatic hydroxyl groups is 1. The van der Waals surface area contributed by atoms with Crippen LogP contribution >= 0.6 is 43.5 Å². The van der Waals surface area contributed by atoms with Crippen molar-refractivity contribution in [2.45, 2.75) is 52.1 Å². The van der Waals surface area contributed by atoms with Crippen molar-refractivity contribution in [1.29, 1.82) is 0 Å². The Morgan fingerprint density at radius 2 is 1.44 bits per heavy atom. The molecule has 0 spiro atoms. The van der Waals surface area contributed by atoms with E-state index >= 15 is 0 Å². The van der Waals surface area contributed by atoms with Gasteiger partial charge in [-0.3, -0.25) is 0 Å². The van der Waals surface area contributed by atoms with Gasteiger partial charge < -0.3 is 5.11 Å². The lowest BCUT2D eigenvalue weighted by atomic mass is 9.61. The monoisotopic (exact) mass is 612 g/mol. The largest absolute Gasteiger partial charge is 0.381 e. The Labute approximate surface area is 241 Å². The first-order valence-corrected chi connectivity index (χ1v) is 13.6. The average Bonchev–Trinajstić information content (AvgIpc) is 2.84. The van der Waals surface area contributed by atoms with E-state index in [0.717, 1.165) is 25.6 Å². The normalized spacial score (nSPS) is 19.9. The maximum atomic E-state index is 12.4. The zero-order valence-corrected chi connectivity index (χ0v) is 24.7. The van der Waals surface area contributed by atoms with E-state index in [2.05, 4.69) is 59.6 Å². The molecule has 36 heavy (non-hydrogen) atoms. The summed E-state index contributed by atoms with van der Waals surface area (Å²) in [6.45, 7) is 8.53. The minimum absolute atomic E-state index is 0.0510. The van der Waals surface area contributed by atoms with Gasteiger partial charge >= 0.3 is 0 Å². The van der Waals surface area contributed by atoms with E-state index in [9.17, 15) is 5.11 Å². The molecule has 174 valence electrons. The summed E-state index contributed by atoms with van der Waals surface area (Å²) < 4.78 is 1.99. The summed E-state index contributed by atoms with van der Waals surface area (Å²) in [4.78, 5) is 0. The summed E-state index contributed by atoms with van der Waals surface area (Å²) in [5, 5.41) is 12.5. The molecule has 2 atom stereocenters. The van der Waals surface area contributed by atoms with Crippen LogP contribution in [0.5, 0.6) is 0 Å². The van der Waals surface area contributed by atoms with E-state index in [1.54, 1.807) is 0 Å². The maximum Gasteiger partial charge on any atom is 0.115 e. The predicted octanol–water partition coefficient (Wildman–Crippen LogP) is 4.12. The number of hydrogen-bond acceptors (Lipinski definition) is 1. The molecule has 1 nitrogen and oxygen atoms in total. The van der Waals surface area contributed by atoms with Crippen molar-refractivity contribution in [3.63, 3.8) is 0 Å². The molecule has 0 saturated carbocycles. The average molecular weight is 614 g/mol. The molecule has 3 aromatic rings. The summed E-state index contributed by atoms with van der Waals surface area (Å²) in [6, 6.07) is 7.96. The van der Waals surface area contributed by atoms with Crippen LogP contribution in [0.2, 0.25) is 5.02 Å². The van der Waals surface area contributed by atoms with E-state index in [1.165, 1.54) is 22.3 Å². The van der Waals surface area contributed by atoms with Crippen LogP contribution in [-0.2, 0) is 5.60 Å². The summed E-state index contributed by atoms with van der Waals surface area (Å²) in [5.74, 6) is -0.0510. The molecule has 0 saturated heterocycles. The Kier molecular flexibility index (Phi) is 7.91. The van der Waals surface area contributed by atoms with Gasteiger partial charge in [-0.25, -0.2) is 0 Å². The van der Waals surface area contributed by atoms with Gasteiger partial charge in [0.25, 0.3) is 0 Å². The molecule has 0 aliphatic heterocycles. The van der Waals surface area contributed by atoms with Crippen molar-refractivity contribution in [2.75, 3.05) is 0 Å². The van der Waals surface area contributed by atoms with Crippen LogP contribution in [-0.4, -0.2) is 36.5 Å². The zero-order chi connectivity index (χ0) is 26.7. The SMILES string of the molecule is [B]c1c([B])c([B])c(C2(O)C=C(c3ccccc3Br)CC(c3c(C)c(C)c(C)c(C)c3Br)C2)c(Cl)c1[B]. The number of hydrogen-bond donors (Lipinski definition) is 1. The van der Waals surface area contributed by atoms with E-state index in [-0.39, 0.29) is 38.4 Å². The van der Waals surface area contributed by atoms with Crippen LogP contribution in [0.25, 0.3) is 5.57 Å². The van der Waals surface area contributed by atoms with Gasteiger partial charge in [0.2, 0.25) is 0 Å². The van der Waals surface area contributed by atoms with Gasteiger partial charge in [-0.15, -0.1) is 10.9 Å². The molecule has 0 bridgehead atoms. The highest BCUT2D eigenvalue weighted by atomic mass is 79.9. The third-order valence-corrected chi connectivity index (χ3v) is 9.86. The summed E-state index contributed by atoms with van der Waals surface area (Å²) in [5.41, 5.74) is 7.24. The number of allylic oxidation sites excluding steroid dienone is 1. The number of benzene rings is 3. The lowest BCUT2D eigenvalue weighted by Gasteiger charge is -2.40. The summed E-state index contributed by atoms with van der Waals surface area (Å²) >= 11 is 14.3. The Hall–Kier alpha value is -1.13. The predicted molar refractivity (Wildman–Crippen MR) is 164 cm³/mol. The van der Waals surface area contributed by atoms with E-state index in [1.807, 2.05) is 30.3 Å². The van der Waals surface area contributed by atoms with Crippen LogP contribution in [0.15, 0.2) is 39.3 Å². The molecule has 0 aromatic heterocycles. The van der Waals surface area contributed by atoms with E-state index in [4.69, 9.17) is 43.0 Å². The van der Waals surface area contributed by atoms with Crippen LogP contribution in [0.4, 0.5) is 0 Å². The van der Waals surface area contributed by atoms with Gasteiger partial charge in [-0.2, -0.15) is 0 Å². The van der Waals surface area contributed by atoms with Crippen LogP contribution in [0.3, 0.4) is 0 Å². The van der Waals surface area contributed by atoms with Gasteiger partial charge in [0.05, 0.1) is 0 Å². The Balaban J connectivity index is 2.03. The second-order valence-electron chi connectivity index (χ2n) is 9.75. The fourth-order valence-electron chi connectivity index (χ4n) is 5.41. The molecule has 2 unspecified atom stereocenters. The van der Waals surface area contributed by atoms with E-state index < -0.39 is 5.60 Å². The Bertz CT molecular complexity index is 1380. The molecule has 1 aliphatic rings. The highest BCUT2D eigenvalue weighted by molar-refractivity contribution is 9.10. The molecule has 1 N–H and O–H groups in total. The van der Waals surface area contributed by atoms with Crippen molar-refractivity contribution in [3.8, 4) is 0 Å². The highest BCUT2D eigenvalue weighted by Crippen LogP contribution is 2.50. The van der Waals surface area contributed by atoms with Gasteiger partial charge in [0.1, 0.15) is 37.0 Å². The topological polar surface area (TPSA) is 20.2 Å². The number of rotatable bonds is 3. The first kappa shape index (κ1) is 27.9. The minimum Gasteiger partial charge on any atom is -0.381 e. The fraction of sp³-hybridized carbons (Fsp3) is 0.286. The number of halogens is 3. The molecule has 8 heteroatoms. The van der Waals surface area contributed by atoms with Gasteiger partial charge in [-0.1, -0.05) is 72.6 Å². The molecule has 0 heterocycles. The molecular formula is C28H23B4Br2ClO. The smallest absolute Gasteiger partial charge is 0.115 e. The van der Waals surface area contributed by atoms with Crippen LogP contribution in [0, 0.1) is 27.7 Å². The molecular weight excluding hydrogens is 591 g/mol. The zero-order valence-electron chi connectivity index (χ0n) is 20.8. The third kappa shape index (κ3) is 4.53. The molecule has 3 aromatic carbocycles. The second kappa shape index (κ2) is 10.2. The first-order valence-electron chi connectivity index (χ1n) is 11.7. The van der Waals surface area contributed by atoms with Crippen molar-refractivity contribution in [3.05, 3.63) is 83.3 Å². The Morgan fingerprint density at radius 1 is 0.861 bits per heavy atom. The van der Waals surface area contributed by atoms with E-state index in [0.29, 0.717) is 12.8 Å². The Morgan fingerprint density at radius 3 is 2.08 bits per heavy atom. The van der Waals surface area contributed by atoms with Crippen LogP contribution in [0.1, 0.15) is 57.7 Å². The molecule has 4 rings (SSSR count). The van der Waals surface area contributed by atoms with Gasteiger partial charge in [0, 0.05) is 14.0 Å². The molecule has 1 aliphatic carbocycles. The minimum atomic E-state index is -1.54. The fourth-order valence-corrected chi connectivity index (χ4v) is 7.23. The molecule has 0 fully saturated rings. The molecule has 0 amide bonds. The van der Waals surface area contributed by atoms with Crippen LogP contribution < -0.4 is 21.9 Å². The van der Waals surface area contributed by atoms with Crippen molar-refractivity contribution in [2.24, 2.45) is 0 Å².